The first kappa shape index (κ1) is 26.7. The smallest absolute Gasteiger partial charge is 0.252 e. The molecule has 8 N–H and O–H groups in total. The second-order valence-corrected chi connectivity index (χ2v) is 10.6. The Hall–Kier alpha value is -4.18. The van der Waals surface area contributed by atoms with Crippen molar-refractivity contribution >= 4 is 23.0 Å². The summed E-state index contributed by atoms with van der Waals surface area (Å²) in [6.45, 7) is -0.267. The molecule has 2 aromatic carbocycles. The van der Waals surface area contributed by atoms with Crippen LogP contribution in [-0.4, -0.2) is 105 Å². The average molecular weight is 583 g/mol. The standard InChI is InChI=1S/C28H26N2O12/c31-15-1-11-9-3-17-19(41-7-39-17)5-13(9)27(37)30-22-12(2-16(32)24(34)26(22)36)10-4-18-20(42-8-40-18)6-14(10)28(38)29-21(11)25(35)23(15)33/h1-6,15-16,21-26,31-36H,7-8H2,(H,29,38)(H,30,37)/t15?,16?,21-,22-,23-,24-,25+,26+/m1/s1. The van der Waals surface area contributed by atoms with E-state index in [2.05, 4.69) is 10.6 Å². The third-order valence-electron chi connectivity index (χ3n) is 8.16. The van der Waals surface area contributed by atoms with Crippen LogP contribution in [0.3, 0.4) is 0 Å². The number of ether oxygens (including phenoxy) is 4. The van der Waals surface area contributed by atoms with Crippen molar-refractivity contribution < 1.29 is 59.2 Å². The van der Waals surface area contributed by atoms with Crippen LogP contribution in [0.5, 0.6) is 23.0 Å². The minimum absolute atomic E-state index is 0.0424. The first-order valence-electron chi connectivity index (χ1n) is 13.1. The predicted octanol–water partition coefficient (Wildman–Crippen LogP) is -1.99. The Kier molecular flexibility index (Phi) is 6.16. The van der Waals surface area contributed by atoms with E-state index in [9.17, 15) is 40.2 Å². The molecular weight excluding hydrogens is 556 g/mol. The van der Waals surface area contributed by atoms with Crippen LogP contribution in [0.15, 0.2) is 36.4 Å². The Morgan fingerprint density at radius 2 is 0.857 bits per heavy atom. The van der Waals surface area contributed by atoms with E-state index in [0.29, 0.717) is 0 Å². The van der Waals surface area contributed by atoms with Crippen molar-refractivity contribution in [2.45, 2.75) is 48.7 Å². The van der Waals surface area contributed by atoms with E-state index in [1.165, 1.54) is 36.4 Å². The molecule has 220 valence electrons. The fourth-order valence-electron chi connectivity index (χ4n) is 5.95. The fraction of sp³-hybridized carbons (Fsp3) is 0.357. The van der Waals surface area contributed by atoms with Crippen molar-refractivity contribution in [3.8, 4) is 23.0 Å². The van der Waals surface area contributed by atoms with Crippen LogP contribution < -0.4 is 29.6 Å². The van der Waals surface area contributed by atoms with Gasteiger partial charge >= 0.3 is 0 Å². The molecule has 2 amide bonds. The lowest BCUT2D eigenvalue weighted by Gasteiger charge is -2.39. The van der Waals surface area contributed by atoms with Crippen molar-refractivity contribution in [2.24, 2.45) is 0 Å². The molecular formula is C28H26N2O12. The van der Waals surface area contributed by atoms with Gasteiger partial charge in [-0.15, -0.1) is 0 Å². The third-order valence-corrected chi connectivity index (χ3v) is 8.16. The van der Waals surface area contributed by atoms with Gasteiger partial charge in [0, 0.05) is 0 Å². The van der Waals surface area contributed by atoms with Crippen LogP contribution in [-0.2, 0) is 0 Å². The van der Waals surface area contributed by atoms with Gasteiger partial charge < -0.3 is 60.2 Å². The van der Waals surface area contributed by atoms with Crippen LogP contribution in [0.2, 0.25) is 0 Å². The minimum atomic E-state index is -1.70. The van der Waals surface area contributed by atoms with Crippen LogP contribution in [0.25, 0.3) is 11.1 Å². The zero-order valence-electron chi connectivity index (χ0n) is 21.6. The van der Waals surface area contributed by atoms with Crippen molar-refractivity contribution in [1.29, 1.82) is 0 Å². The number of nitrogens with one attached hydrogen (secondary N) is 2. The van der Waals surface area contributed by atoms with Crippen molar-refractivity contribution in [2.75, 3.05) is 13.6 Å². The summed E-state index contributed by atoms with van der Waals surface area (Å²) in [6.07, 6.45) is -7.40. The molecule has 7 rings (SSSR count). The second kappa shape index (κ2) is 9.69. The molecule has 0 saturated heterocycles. The minimum Gasteiger partial charge on any atom is -0.454 e. The van der Waals surface area contributed by atoms with Gasteiger partial charge in [-0.1, -0.05) is 0 Å². The Morgan fingerprint density at radius 1 is 0.524 bits per heavy atom. The Labute approximate surface area is 237 Å². The molecule has 0 fully saturated rings. The van der Waals surface area contributed by atoms with Gasteiger partial charge in [-0.2, -0.15) is 0 Å². The van der Waals surface area contributed by atoms with E-state index in [0.717, 1.165) is 0 Å². The molecule has 42 heavy (non-hydrogen) atoms. The van der Waals surface area contributed by atoms with E-state index in [-0.39, 0.29) is 70.0 Å². The summed E-state index contributed by atoms with van der Waals surface area (Å²) in [6, 6.07) is 2.99. The van der Waals surface area contributed by atoms with Crippen LogP contribution >= 0.6 is 0 Å². The SMILES string of the molecule is O=C1N[C@@H]2C(=CC(O)[C@@H](O)[C@H]2O)c2cc3c(cc2C(=O)N[C@@H]2C(=CC(O)[C@@H](O)[C@H]2O)c2cc4c(cc21)OCO4)OCO3. The molecule has 14 heteroatoms. The van der Waals surface area contributed by atoms with E-state index >= 15 is 0 Å². The zero-order valence-corrected chi connectivity index (χ0v) is 21.6. The molecule has 0 spiro atoms. The second-order valence-electron chi connectivity index (χ2n) is 10.6. The van der Waals surface area contributed by atoms with Gasteiger partial charge in [-0.05, 0) is 58.7 Å². The fourth-order valence-corrected chi connectivity index (χ4v) is 5.95. The van der Waals surface area contributed by atoms with Gasteiger partial charge in [-0.3, -0.25) is 9.59 Å². The number of carbonyl (C=O) groups excluding carboxylic acids is 2. The molecule has 2 unspecified atom stereocenters. The number of aliphatic hydroxyl groups is 6. The van der Waals surface area contributed by atoms with Gasteiger partial charge in [0.2, 0.25) is 13.6 Å². The Balaban J connectivity index is 1.48. The van der Waals surface area contributed by atoms with Gasteiger partial charge in [0.05, 0.1) is 23.2 Å². The molecule has 0 aromatic heterocycles. The van der Waals surface area contributed by atoms with Crippen molar-refractivity contribution in [3.63, 3.8) is 0 Å². The van der Waals surface area contributed by atoms with Gasteiger partial charge in [0.1, 0.15) is 36.6 Å². The normalized spacial score (nSPS) is 32.9. The first-order valence-corrected chi connectivity index (χ1v) is 13.1. The third kappa shape index (κ3) is 4.03. The highest BCUT2D eigenvalue weighted by molar-refractivity contribution is 6.06. The molecule has 5 aliphatic rings. The highest BCUT2D eigenvalue weighted by Crippen LogP contribution is 2.43. The van der Waals surface area contributed by atoms with E-state index < -0.39 is 60.5 Å². The highest BCUT2D eigenvalue weighted by Gasteiger charge is 2.44. The molecule has 3 aliphatic heterocycles. The molecule has 14 nitrogen and oxygen atoms in total. The van der Waals surface area contributed by atoms with E-state index in [1.54, 1.807) is 0 Å². The van der Waals surface area contributed by atoms with Gasteiger partial charge in [-0.25, -0.2) is 0 Å². The average Bonchev–Trinajstić information content (AvgIpc) is 3.64. The topological polar surface area (TPSA) is 216 Å². The maximum atomic E-state index is 14.0. The number of hydrogen-bond acceptors (Lipinski definition) is 12. The Bertz CT molecular complexity index is 1450. The molecule has 2 aromatic rings. The predicted molar refractivity (Wildman–Crippen MR) is 140 cm³/mol. The lowest BCUT2D eigenvalue weighted by molar-refractivity contribution is -0.0534. The zero-order chi connectivity index (χ0) is 29.4. The number of aliphatic hydroxyl groups excluding tert-OH is 6. The quantitative estimate of drug-likeness (QED) is 0.170. The number of fused-ring (bicyclic) bond motifs is 8. The summed E-state index contributed by atoms with van der Waals surface area (Å²) in [7, 11) is 0. The lowest BCUT2D eigenvalue weighted by atomic mass is 9.79. The van der Waals surface area contributed by atoms with Crippen LogP contribution in [0.1, 0.15) is 31.8 Å². The maximum Gasteiger partial charge on any atom is 0.252 e. The number of hydrogen-bond donors (Lipinski definition) is 8. The summed E-state index contributed by atoms with van der Waals surface area (Å²) in [4.78, 5) is 27.9. The number of benzene rings is 2. The summed E-state index contributed by atoms with van der Waals surface area (Å²) in [5.41, 5.74) is 0.397. The molecule has 0 radical (unpaired) electrons. The first-order chi connectivity index (χ1) is 20.1. The monoisotopic (exact) mass is 582 g/mol. The van der Waals surface area contributed by atoms with Crippen LogP contribution in [0.4, 0.5) is 0 Å². The lowest BCUT2D eigenvalue weighted by Crippen LogP contribution is -2.57. The van der Waals surface area contributed by atoms with Crippen LogP contribution in [0, 0.1) is 0 Å². The molecule has 8 atom stereocenters. The summed E-state index contributed by atoms with van der Waals surface area (Å²) < 4.78 is 21.9. The summed E-state index contributed by atoms with van der Waals surface area (Å²) in [5.74, 6) is -0.559. The van der Waals surface area contributed by atoms with Gasteiger partial charge in [0.25, 0.3) is 11.8 Å². The largest absolute Gasteiger partial charge is 0.454 e. The van der Waals surface area contributed by atoms with Crippen molar-refractivity contribution in [1.82, 2.24) is 10.6 Å². The van der Waals surface area contributed by atoms with Gasteiger partial charge in [0.15, 0.2) is 23.0 Å². The molecule has 0 bridgehead atoms. The molecule has 3 heterocycles. The highest BCUT2D eigenvalue weighted by atomic mass is 16.7. The summed E-state index contributed by atoms with van der Waals surface area (Å²) in [5, 5.41) is 69.7. The number of rotatable bonds is 0. The van der Waals surface area contributed by atoms with E-state index in [4.69, 9.17) is 18.9 Å². The Morgan fingerprint density at radius 3 is 1.21 bits per heavy atom. The molecule has 0 saturated carbocycles. The van der Waals surface area contributed by atoms with Crippen molar-refractivity contribution in [3.05, 3.63) is 58.7 Å². The van der Waals surface area contributed by atoms with E-state index in [1.807, 2.05) is 0 Å². The maximum absolute atomic E-state index is 14.0. The number of carbonyl (C=O) groups is 2. The number of amides is 2. The molecule has 2 aliphatic carbocycles. The summed E-state index contributed by atoms with van der Waals surface area (Å²) >= 11 is 0.